The van der Waals surface area contributed by atoms with Crippen LogP contribution in [-0.2, 0) is 24.7 Å². The molecule has 1 aliphatic carbocycles. The van der Waals surface area contributed by atoms with E-state index >= 15 is 0 Å². The Morgan fingerprint density at radius 2 is 1.86 bits per heavy atom. The molecule has 0 fully saturated rings. The van der Waals surface area contributed by atoms with Crippen LogP contribution in [0.5, 0.6) is 0 Å². The average molecular weight is 391 g/mol. The Balaban J connectivity index is 1.90. The molecule has 0 atom stereocenters. The van der Waals surface area contributed by atoms with Crippen LogP contribution in [0.15, 0.2) is 41.2 Å². The van der Waals surface area contributed by atoms with Crippen molar-refractivity contribution in [2.75, 3.05) is 0 Å². The van der Waals surface area contributed by atoms with Gasteiger partial charge in [-0.15, -0.1) is 0 Å². The molecule has 0 saturated carbocycles. The molecule has 0 amide bonds. The minimum Gasteiger partial charge on any atom is -0.410 e. The molecule has 29 heavy (non-hydrogen) atoms. The van der Waals surface area contributed by atoms with Crippen molar-refractivity contribution >= 4 is 11.3 Å². The number of tetrazole rings is 1. The number of rotatable bonds is 4. The van der Waals surface area contributed by atoms with Crippen molar-refractivity contribution in [3.05, 3.63) is 74.7 Å². The summed E-state index contributed by atoms with van der Waals surface area (Å²) in [6, 6.07) is 12.2. The van der Waals surface area contributed by atoms with E-state index in [1.165, 1.54) is 33.3 Å². The Kier molecular flexibility index (Phi) is 5.07. The van der Waals surface area contributed by atoms with Gasteiger partial charge in [0.05, 0.1) is 5.69 Å². The quantitative estimate of drug-likeness (QED) is 0.420. The van der Waals surface area contributed by atoms with Crippen LogP contribution < -0.4 is 11.6 Å². The van der Waals surface area contributed by atoms with Crippen LogP contribution in [0.25, 0.3) is 17.0 Å². The van der Waals surface area contributed by atoms with Crippen molar-refractivity contribution in [1.29, 1.82) is 0 Å². The standard InChI is InChI=1S/C22H25N5O2/c1-14-7-6-10-19(27-22(28)26(3)24-25-27)20(14)21(29-23)15(2)17-12-11-16-8-4-5-9-18(16)13-17/h6-7,10-13H,4-5,8-9,23H2,1-3H3/b21-15+. The number of benzene rings is 2. The lowest BCUT2D eigenvalue weighted by Gasteiger charge is -2.19. The topological polar surface area (TPSA) is 88.0 Å². The van der Waals surface area contributed by atoms with Crippen LogP contribution in [-0.4, -0.2) is 19.8 Å². The number of hydrogen-bond donors (Lipinski definition) is 1. The molecular weight excluding hydrogens is 366 g/mol. The van der Waals surface area contributed by atoms with E-state index in [2.05, 4.69) is 28.6 Å². The van der Waals surface area contributed by atoms with Gasteiger partial charge in [0.1, 0.15) is 0 Å². The molecule has 0 unspecified atom stereocenters. The summed E-state index contributed by atoms with van der Waals surface area (Å²) in [5.41, 5.74) is 6.69. The van der Waals surface area contributed by atoms with E-state index < -0.39 is 0 Å². The van der Waals surface area contributed by atoms with Gasteiger partial charge in [-0.25, -0.2) is 4.79 Å². The zero-order chi connectivity index (χ0) is 20.5. The lowest BCUT2D eigenvalue weighted by Crippen LogP contribution is -2.23. The van der Waals surface area contributed by atoms with Gasteiger partial charge in [-0.05, 0) is 78.3 Å². The van der Waals surface area contributed by atoms with Crippen LogP contribution in [0.3, 0.4) is 0 Å². The number of nitrogens with zero attached hydrogens (tertiary/aromatic N) is 4. The van der Waals surface area contributed by atoms with Gasteiger partial charge in [0.25, 0.3) is 0 Å². The summed E-state index contributed by atoms with van der Waals surface area (Å²) < 4.78 is 2.45. The van der Waals surface area contributed by atoms with Crippen molar-refractivity contribution in [2.24, 2.45) is 12.9 Å². The van der Waals surface area contributed by atoms with E-state index in [0.29, 0.717) is 11.4 Å². The Morgan fingerprint density at radius 3 is 2.55 bits per heavy atom. The summed E-state index contributed by atoms with van der Waals surface area (Å²) in [6.45, 7) is 3.95. The highest BCUT2D eigenvalue weighted by atomic mass is 16.6. The van der Waals surface area contributed by atoms with E-state index in [1.807, 2.05) is 32.0 Å². The first-order valence-electron chi connectivity index (χ1n) is 9.80. The molecule has 1 aliphatic rings. The molecule has 150 valence electrons. The molecule has 0 spiro atoms. The minimum absolute atomic E-state index is 0.334. The van der Waals surface area contributed by atoms with Gasteiger partial charge in [0.2, 0.25) is 0 Å². The number of aromatic nitrogens is 4. The molecule has 7 nitrogen and oxygen atoms in total. The fraction of sp³-hybridized carbons (Fsp3) is 0.318. The molecule has 0 bridgehead atoms. The first-order valence-corrected chi connectivity index (χ1v) is 9.80. The van der Waals surface area contributed by atoms with Crippen molar-refractivity contribution in [3.8, 4) is 5.69 Å². The first-order chi connectivity index (χ1) is 14.0. The van der Waals surface area contributed by atoms with E-state index in [1.54, 1.807) is 7.05 Å². The summed E-state index contributed by atoms with van der Waals surface area (Å²) in [7, 11) is 1.57. The normalized spacial score (nSPS) is 14.3. The van der Waals surface area contributed by atoms with E-state index in [-0.39, 0.29) is 5.69 Å². The van der Waals surface area contributed by atoms with E-state index in [0.717, 1.165) is 35.1 Å². The molecule has 3 aromatic rings. The molecule has 2 N–H and O–H groups in total. The fourth-order valence-corrected chi connectivity index (χ4v) is 4.02. The third-order valence-electron chi connectivity index (χ3n) is 5.67. The number of allylic oxidation sites excluding steroid dienone is 1. The van der Waals surface area contributed by atoms with Crippen molar-refractivity contribution in [1.82, 2.24) is 19.8 Å². The maximum atomic E-state index is 12.5. The van der Waals surface area contributed by atoms with Crippen LogP contribution >= 0.6 is 0 Å². The van der Waals surface area contributed by atoms with Gasteiger partial charge in [-0.3, -0.25) is 0 Å². The Morgan fingerprint density at radius 1 is 1.10 bits per heavy atom. The minimum atomic E-state index is -0.334. The van der Waals surface area contributed by atoms with Gasteiger partial charge < -0.3 is 4.84 Å². The summed E-state index contributed by atoms with van der Waals surface area (Å²) in [4.78, 5) is 17.9. The first kappa shape index (κ1) is 19.1. The van der Waals surface area contributed by atoms with Crippen LogP contribution in [0.1, 0.15) is 47.6 Å². The SMILES string of the molecule is C/C(=C(\ON)c1c(C)cccc1-n1nnn(C)c1=O)c1ccc2c(c1)CCCC2. The molecule has 1 aromatic heterocycles. The van der Waals surface area contributed by atoms with Gasteiger partial charge in [-0.1, -0.05) is 30.3 Å². The summed E-state index contributed by atoms with van der Waals surface area (Å²) in [5.74, 6) is 6.27. The molecule has 1 heterocycles. The van der Waals surface area contributed by atoms with Gasteiger partial charge in [0.15, 0.2) is 5.76 Å². The van der Waals surface area contributed by atoms with E-state index in [4.69, 9.17) is 10.7 Å². The zero-order valence-corrected chi connectivity index (χ0v) is 17.0. The molecular formula is C22H25N5O2. The second kappa shape index (κ2) is 7.67. The maximum Gasteiger partial charge on any atom is 0.368 e. The number of hydrogen-bond acceptors (Lipinski definition) is 5. The third kappa shape index (κ3) is 3.38. The molecule has 2 aromatic carbocycles. The van der Waals surface area contributed by atoms with Crippen LogP contribution in [0, 0.1) is 6.92 Å². The Labute approximate surface area is 169 Å². The number of aryl methyl sites for hydroxylation is 4. The summed E-state index contributed by atoms with van der Waals surface area (Å²) in [5, 5.41) is 7.82. The average Bonchev–Trinajstić information content (AvgIpc) is 3.07. The molecule has 4 rings (SSSR count). The third-order valence-corrected chi connectivity index (χ3v) is 5.67. The largest absolute Gasteiger partial charge is 0.410 e. The van der Waals surface area contributed by atoms with Crippen LogP contribution in [0.4, 0.5) is 0 Å². The second-order valence-electron chi connectivity index (χ2n) is 7.53. The van der Waals surface area contributed by atoms with Crippen molar-refractivity contribution in [2.45, 2.75) is 39.5 Å². The second-order valence-corrected chi connectivity index (χ2v) is 7.53. The van der Waals surface area contributed by atoms with Crippen molar-refractivity contribution < 1.29 is 4.84 Å². The molecule has 7 heteroatoms. The smallest absolute Gasteiger partial charge is 0.368 e. The Bertz CT molecular complexity index is 1160. The van der Waals surface area contributed by atoms with Crippen LogP contribution in [0.2, 0.25) is 0 Å². The van der Waals surface area contributed by atoms with Crippen molar-refractivity contribution in [3.63, 3.8) is 0 Å². The summed E-state index contributed by atoms with van der Waals surface area (Å²) in [6.07, 6.45) is 4.70. The highest BCUT2D eigenvalue weighted by Crippen LogP contribution is 2.33. The number of nitrogens with two attached hydrogens (primary N) is 1. The summed E-state index contributed by atoms with van der Waals surface area (Å²) >= 11 is 0. The highest BCUT2D eigenvalue weighted by Gasteiger charge is 2.20. The molecule has 0 saturated heterocycles. The predicted octanol–water partition coefficient (Wildman–Crippen LogP) is 2.93. The monoisotopic (exact) mass is 391 g/mol. The maximum absolute atomic E-state index is 12.5. The highest BCUT2D eigenvalue weighted by molar-refractivity contribution is 5.90. The van der Waals surface area contributed by atoms with Gasteiger partial charge in [0, 0.05) is 18.2 Å². The molecule has 0 aliphatic heterocycles. The zero-order valence-electron chi connectivity index (χ0n) is 17.0. The van der Waals surface area contributed by atoms with E-state index in [9.17, 15) is 4.79 Å². The molecule has 0 radical (unpaired) electrons. The Hall–Kier alpha value is -3.19. The fourth-order valence-electron chi connectivity index (χ4n) is 4.02. The van der Waals surface area contributed by atoms with Gasteiger partial charge in [-0.2, -0.15) is 15.3 Å². The number of fused-ring (bicyclic) bond motifs is 1. The lowest BCUT2D eigenvalue weighted by molar-refractivity contribution is 0.291. The predicted molar refractivity (Wildman–Crippen MR) is 112 cm³/mol. The lowest BCUT2D eigenvalue weighted by atomic mass is 9.88. The van der Waals surface area contributed by atoms with Gasteiger partial charge >= 0.3 is 5.69 Å².